The zero-order valence-electron chi connectivity index (χ0n) is 10.0. The number of carbonyl (C=O) groups is 1. The average Bonchev–Trinajstić information content (AvgIpc) is 2.71. The van der Waals surface area contributed by atoms with Crippen molar-refractivity contribution in [1.29, 1.82) is 0 Å². The molecule has 1 atom stereocenters. The first kappa shape index (κ1) is 13.2. The van der Waals surface area contributed by atoms with Gasteiger partial charge >= 0.3 is 5.97 Å². The standard InChI is InChI=1S/C12H20O4/c1-4-5-10(11(13)14-3)6-7-12(2)15-8-9-16-12/h4,10H,1,5-9H2,2-3H3/t10-/m0/s1. The second kappa shape index (κ2) is 6.01. The largest absolute Gasteiger partial charge is 0.469 e. The van der Waals surface area contributed by atoms with E-state index >= 15 is 0 Å². The topological polar surface area (TPSA) is 44.8 Å². The third-order valence-corrected chi connectivity index (χ3v) is 2.83. The van der Waals surface area contributed by atoms with Crippen molar-refractivity contribution < 1.29 is 19.0 Å². The Morgan fingerprint density at radius 3 is 2.69 bits per heavy atom. The molecule has 1 rings (SSSR count). The molecule has 1 aliphatic rings. The van der Waals surface area contributed by atoms with Gasteiger partial charge in [-0.2, -0.15) is 0 Å². The number of esters is 1. The number of ether oxygens (including phenoxy) is 3. The van der Waals surface area contributed by atoms with Crippen LogP contribution in [0.15, 0.2) is 12.7 Å². The van der Waals surface area contributed by atoms with E-state index in [-0.39, 0.29) is 11.9 Å². The minimum atomic E-state index is -0.534. The molecule has 0 aromatic carbocycles. The molecular weight excluding hydrogens is 208 g/mol. The molecule has 16 heavy (non-hydrogen) atoms. The Morgan fingerprint density at radius 1 is 1.56 bits per heavy atom. The van der Waals surface area contributed by atoms with Gasteiger partial charge in [-0.05, 0) is 19.8 Å². The van der Waals surface area contributed by atoms with Crippen molar-refractivity contribution in [3.63, 3.8) is 0 Å². The molecule has 1 aliphatic heterocycles. The fourth-order valence-corrected chi connectivity index (χ4v) is 1.84. The summed E-state index contributed by atoms with van der Waals surface area (Å²) in [6.45, 7) is 6.80. The molecule has 1 saturated heterocycles. The van der Waals surface area contributed by atoms with Crippen LogP contribution in [0.2, 0.25) is 0 Å². The summed E-state index contributed by atoms with van der Waals surface area (Å²) in [5.41, 5.74) is 0. The van der Waals surface area contributed by atoms with E-state index in [1.165, 1.54) is 7.11 Å². The summed E-state index contributed by atoms with van der Waals surface area (Å²) in [5, 5.41) is 0. The van der Waals surface area contributed by atoms with Crippen molar-refractivity contribution in [2.24, 2.45) is 5.92 Å². The summed E-state index contributed by atoms with van der Waals surface area (Å²) in [6.07, 6.45) is 3.75. The Kier molecular flexibility index (Phi) is 4.96. The van der Waals surface area contributed by atoms with Gasteiger partial charge in [-0.25, -0.2) is 0 Å². The number of carbonyl (C=O) groups excluding carboxylic acids is 1. The highest BCUT2D eigenvalue weighted by Crippen LogP contribution is 2.27. The van der Waals surface area contributed by atoms with Crippen LogP contribution in [0.3, 0.4) is 0 Å². The van der Waals surface area contributed by atoms with Crippen LogP contribution in [0.4, 0.5) is 0 Å². The van der Waals surface area contributed by atoms with E-state index in [0.29, 0.717) is 32.5 Å². The van der Waals surface area contributed by atoms with E-state index < -0.39 is 5.79 Å². The van der Waals surface area contributed by atoms with Crippen LogP contribution in [0.5, 0.6) is 0 Å². The van der Waals surface area contributed by atoms with Gasteiger partial charge in [0.15, 0.2) is 5.79 Å². The SMILES string of the molecule is C=CC[C@@H](CCC1(C)OCCO1)C(=O)OC. The van der Waals surface area contributed by atoms with E-state index in [2.05, 4.69) is 6.58 Å². The summed E-state index contributed by atoms with van der Waals surface area (Å²) in [7, 11) is 1.41. The van der Waals surface area contributed by atoms with Crippen LogP contribution in [0.25, 0.3) is 0 Å². The van der Waals surface area contributed by atoms with Gasteiger partial charge in [0.05, 0.1) is 26.2 Å². The van der Waals surface area contributed by atoms with Gasteiger partial charge in [0.1, 0.15) is 0 Å². The molecule has 1 fully saturated rings. The van der Waals surface area contributed by atoms with Gasteiger partial charge < -0.3 is 14.2 Å². The highest BCUT2D eigenvalue weighted by molar-refractivity contribution is 5.72. The Bertz CT molecular complexity index is 243. The van der Waals surface area contributed by atoms with Crippen LogP contribution in [-0.4, -0.2) is 32.1 Å². The van der Waals surface area contributed by atoms with E-state index in [0.717, 1.165) is 0 Å². The Labute approximate surface area is 96.6 Å². The Hall–Kier alpha value is -0.870. The molecule has 4 nitrogen and oxygen atoms in total. The second-order valence-electron chi connectivity index (χ2n) is 4.11. The van der Waals surface area contributed by atoms with Crippen LogP contribution in [0.1, 0.15) is 26.2 Å². The van der Waals surface area contributed by atoms with E-state index in [1.54, 1.807) is 6.08 Å². The lowest BCUT2D eigenvalue weighted by molar-refractivity contribution is -0.156. The summed E-state index contributed by atoms with van der Waals surface area (Å²) in [4.78, 5) is 11.5. The van der Waals surface area contributed by atoms with E-state index in [9.17, 15) is 4.79 Å². The lowest BCUT2D eigenvalue weighted by atomic mass is 9.97. The molecule has 0 radical (unpaired) electrons. The first-order chi connectivity index (χ1) is 7.61. The maximum absolute atomic E-state index is 11.5. The summed E-state index contributed by atoms with van der Waals surface area (Å²) < 4.78 is 15.7. The second-order valence-corrected chi connectivity index (χ2v) is 4.11. The molecule has 0 spiro atoms. The summed E-state index contributed by atoms with van der Waals surface area (Å²) in [5.74, 6) is -0.874. The average molecular weight is 228 g/mol. The summed E-state index contributed by atoms with van der Waals surface area (Å²) >= 11 is 0. The maximum Gasteiger partial charge on any atom is 0.308 e. The van der Waals surface area contributed by atoms with E-state index in [1.807, 2.05) is 6.92 Å². The van der Waals surface area contributed by atoms with Crippen LogP contribution in [-0.2, 0) is 19.0 Å². The van der Waals surface area contributed by atoms with Crippen molar-refractivity contribution in [3.05, 3.63) is 12.7 Å². The highest BCUT2D eigenvalue weighted by Gasteiger charge is 2.32. The van der Waals surface area contributed by atoms with Crippen molar-refractivity contribution in [2.45, 2.75) is 32.0 Å². The zero-order valence-corrected chi connectivity index (χ0v) is 10.0. The third-order valence-electron chi connectivity index (χ3n) is 2.83. The molecule has 0 unspecified atom stereocenters. The zero-order chi connectivity index (χ0) is 12.0. The lowest BCUT2D eigenvalue weighted by Crippen LogP contribution is -2.28. The molecule has 92 valence electrons. The van der Waals surface area contributed by atoms with Crippen LogP contribution < -0.4 is 0 Å². The van der Waals surface area contributed by atoms with Gasteiger partial charge in [0.2, 0.25) is 0 Å². The third kappa shape index (κ3) is 3.61. The molecule has 0 aromatic rings. The Balaban J connectivity index is 2.42. The van der Waals surface area contributed by atoms with Gasteiger partial charge in [-0.15, -0.1) is 6.58 Å². The number of methoxy groups -OCH3 is 1. The van der Waals surface area contributed by atoms with Crippen LogP contribution in [0, 0.1) is 5.92 Å². The fraction of sp³-hybridized carbons (Fsp3) is 0.750. The summed E-state index contributed by atoms with van der Waals surface area (Å²) in [6, 6.07) is 0. The predicted molar refractivity (Wildman–Crippen MR) is 59.9 cm³/mol. The molecule has 0 bridgehead atoms. The molecule has 0 aliphatic carbocycles. The number of hydrogen-bond acceptors (Lipinski definition) is 4. The lowest BCUT2D eigenvalue weighted by Gasteiger charge is -2.24. The molecule has 0 N–H and O–H groups in total. The van der Waals surface area contributed by atoms with Gasteiger partial charge in [-0.1, -0.05) is 6.08 Å². The quantitative estimate of drug-likeness (QED) is 0.514. The minimum absolute atomic E-state index is 0.146. The molecule has 4 heteroatoms. The van der Waals surface area contributed by atoms with Gasteiger partial charge in [0.25, 0.3) is 0 Å². The fourth-order valence-electron chi connectivity index (χ4n) is 1.84. The smallest absolute Gasteiger partial charge is 0.308 e. The van der Waals surface area contributed by atoms with Crippen molar-refractivity contribution in [2.75, 3.05) is 20.3 Å². The molecule has 0 amide bonds. The monoisotopic (exact) mass is 228 g/mol. The predicted octanol–water partition coefficient (Wildman–Crippen LogP) is 1.89. The van der Waals surface area contributed by atoms with Gasteiger partial charge in [-0.3, -0.25) is 4.79 Å². The van der Waals surface area contributed by atoms with Crippen molar-refractivity contribution in [1.82, 2.24) is 0 Å². The van der Waals surface area contributed by atoms with Crippen LogP contribution >= 0.6 is 0 Å². The molecule has 0 aromatic heterocycles. The first-order valence-electron chi connectivity index (χ1n) is 5.58. The number of rotatable bonds is 6. The Morgan fingerprint density at radius 2 is 2.19 bits per heavy atom. The molecular formula is C12H20O4. The molecule has 0 saturated carbocycles. The van der Waals surface area contributed by atoms with Gasteiger partial charge in [0, 0.05) is 6.42 Å². The first-order valence-corrected chi connectivity index (χ1v) is 5.58. The number of hydrogen-bond donors (Lipinski definition) is 0. The van der Waals surface area contributed by atoms with Crippen molar-refractivity contribution in [3.8, 4) is 0 Å². The number of allylic oxidation sites excluding steroid dienone is 1. The minimum Gasteiger partial charge on any atom is -0.469 e. The maximum atomic E-state index is 11.5. The van der Waals surface area contributed by atoms with E-state index in [4.69, 9.17) is 14.2 Å². The molecule has 1 heterocycles. The van der Waals surface area contributed by atoms with Crippen molar-refractivity contribution >= 4 is 5.97 Å². The normalized spacial score (nSPS) is 20.4. The highest BCUT2D eigenvalue weighted by atomic mass is 16.7.